The summed E-state index contributed by atoms with van der Waals surface area (Å²) in [6.07, 6.45) is 1.04. The zero-order chi connectivity index (χ0) is 18.8. The van der Waals surface area contributed by atoms with Gasteiger partial charge in [-0.1, -0.05) is 35.3 Å². The van der Waals surface area contributed by atoms with E-state index in [-0.39, 0.29) is 0 Å². The molecule has 1 amide bonds. The third kappa shape index (κ3) is 4.66. The lowest BCUT2D eigenvalue weighted by Crippen LogP contribution is -2.45. The van der Waals surface area contributed by atoms with E-state index >= 15 is 0 Å². The highest BCUT2D eigenvalue weighted by molar-refractivity contribution is 7.92. The maximum atomic E-state index is 12.6. The summed E-state index contributed by atoms with van der Waals surface area (Å²) in [5.41, 5.74) is 1.56. The quantitative estimate of drug-likeness (QED) is 0.821. The molecule has 0 aliphatic rings. The van der Waals surface area contributed by atoms with Gasteiger partial charge in [0.2, 0.25) is 15.9 Å². The van der Waals surface area contributed by atoms with Crippen LogP contribution in [0.15, 0.2) is 42.5 Å². The highest BCUT2D eigenvalue weighted by Crippen LogP contribution is 2.26. The second kappa shape index (κ2) is 7.64. The van der Waals surface area contributed by atoms with Gasteiger partial charge in [-0.05, 0) is 49.7 Å². The zero-order valence-electron chi connectivity index (χ0n) is 14.0. The average Bonchev–Trinajstić information content (AvgIpc) is 2.50. The van der Waals surface area contributed by atoms with Gasteiger partial charge < -0.3 is 5.32 Å². The van der Waals surface area contributed by atoms with E-state index in [1.807, 2.05) is 0 Å². The number of anilines is 2. The molecule has 0 saturated heterocycles. The highest BCUT2D eigenvalue weighted by Gasteiger charge is 2.29. The molecule has 0 radical (unpaired) electrons. The fraction of sp³-hybridized carbons (Fsp3) is 0.235. The normalized spacial score (nSPS) is 12.5. The van der Waals surface area contributed by atoms with Crippen molar-refractivity contribution in [1.82, 2.24) is 0 Å². The third-order valence-corrected chi connectivity index (χ3v) is 5.56. The fourth-order valence-electron chi connectivity index (χ4n) is 2.40. The molecule has 1 unspecified atom stereocenters. The van der Waals surface area contributed by atoms with E-state index in [0.717, 1.165) is 10.6 Å². The Morgan fingerprint density at radius 3 is 2.40 bits per heavy atom. The maximum absolute atomic E-state index is 12.6. The second-order valence-electron chi connectivity index (χ2n) is 5.62. The van der Waals surface area contributed by atoms with Gasteiger partial charge >= 0.3 is 0 Å². The number of benzene rings is 2. The van der Waals surface area contributed by atoms with Crippen molar-refractivity contribution in [3.8, 4) is 0 Å². The van der Waals surface area contributed by atoms with E-state index in [1.165, 1.54) is 13.0 Å². The summed E-state index contributed by atoms with van der Waals surface area (Å²) in [7, 11) is -3.70. The number of nitrogens with zero attached hydrogens (tertiary/aromatic N) is 1. The lowest BCUT2D eigenvalue weighted by atomic mass is 10.2. The molecule has 2 rings (SSSR count). The molecule has 1 N–H and O–H groups in total. The van der Waals surface area contributed by atoms with Gasteiger partial charge in [-0.2, -0.15) is 0 Å². The molecule has 0 aromatic heterocycles. The Bertz CT molecular complexity index is 901. The summed E-state index contributed by atoms with van der Waals surface area (Å²) < 4.78 is 25.5. The molecule has 0 saturated carbocycles. The van der Waals surface area contributed by atoms with E-state index in [2.05, 4.69) is 5.32 Å². The van der Waals surface area contributed by atoms with E-state index < -0.39 is 22.0 Å². The molecule has 0 aliphatic heterocycles. The van der Waals surface area contributed by atoms with Crippen molar-refractivity contribution in [2.75, 3.05) is 15.9 Å². The molecule has 2 aromatic carbocycles. The summed E-state index contributed by atoms with van der Waals surface area (Å²) in [5, 5.41) is 3.62. The number of hydrogen-bond acceptors (Lipinski definition) is 3. The number of sulfonamides is 1. The van der Waals surface area contributed by atoms with Crippen molar-refractivity contribution in [3.63, 3.8) is 0 Å². The predicted molar refractivity (Wildman–Crippen MR) is 103 cm³/mol. The van der Waals surface area contributed by atoms with Crippen LogP contribution in [0.3, 0.4) is 0 Å². The van der Waals surface area contributed by atoms with Crippen LogP contribution in [-0.2, 0) is 14.8 Å². The molecular weight excluding hydrogens is 383 g/mol. The van der Waals surface area contributed by atoms with Crippen LogP contribution < -0.4 is 9.62 Å². The first kappa shape index (κ1) is 19.6. The molecule has 5 nitrogen and oxygen atoms in total. The summed E-state index contributed by atoms with van der Waals surface area (Å²) in [6, 6.07) is 10.5. The lowest BCUT2D eigenvalue weighted by Gasteiger charge is -2.28. The number of nitrogens with one attached hydrogen (secondary N) is 1. The van der Waals surface area contributed by atoms with Crippen LogP contribution in [0.25, 0.3) is 0 Å². The molecule has 0 spiro atoms. The minimum Gasteiger partial charge on any atom is -0.324 e. The van der Waals surface area contributed by atoms with Crippen molar-refractivity contribution in [2.24, 2.45) is 0 Å². The number of rotatable bonds is 5. The van der Waals surface area contributed by atoms with Crippen LogP contribution >= 0.6 is 23.2 Å². The van der Waals surface area contributed by atoms with Gasteiger partial charge in [0.25, 0.3) is 0 Å². The summed E-state index contributed by atoms with van der Waals surface area (Å²) in [5.74, 6) is -0.476. The Kier molecular flexibility index (Phi) is 5.98. The summed E-state index contributed by atoms with van der Waals surface area (Å²) >= 11 is 12.0. The van der Waals surface area contributed by atoms with Crippen LogP contribution in [0.1, 0.15) is 12.5 Å². The first-order valence-corrected chi connectivity index (χ1v) is 10.0. The Morgan fingerprint density at radius 1 is 1.16 bits per heavy atom. The third-order valence-electron chi connectivity index (χ3n) is 3.68. The van der Waals surface area contributed by atoms with Crippen molar-refractivity contribution in [2.45, 2.75) is 19.9 Å². The van der Waals surface area contributed by atoms with Gasteiger partial charge in [-0.15, -0.1) is 0 Å². The first-order chi connectivity index (χ1) is 11.6. The summed E-state index contributed by atoms with van der Waals surface area (Å²) in [6.45, 7) is 3.28. The van der Waals surface area contributed by atoms with Crippen LogP contribution in [0.2, 0.25) is 10.0 Å². The minimum atomic E-state index is -3.70. The Morgan fingerprint density at radius 2 is 1.80 bits per heavy atom. The number of halogens is 2. The highest BCUT2D eigenvalue weighted by atomic mass is 35.5. The standard InChI is InChI=1S/C17H18Cl2N2O3S/c1-11-15(19)8-5-9-16(11)20-17(22)12(2)21(25(3,23)24)14-7-4-6-13(18)10-14/h4-10,12H,1-3H3,(H,20,22). The van der Waals surface area contributed by atoms with Gasteiger partial charge in [-0.3, -0.25) is 9.10 Å². The van der Waals surface area contributed by atoms with Crippen LogP contribution in [0.4, 0.5) is 11.4 Å². The largest absolute Gasteiger partial charge is 0.324 e. The Labute approximate surface area is 157 Å². The number of carbonyl (C=O) groups is 1. The molecule has 25 heavy (non-hydrogen) atoms. The molecule has 2 aromatic rings. The van der Waals surface area contributed by atoms with Gasteiger partial charge in [0.1, 0.15) is 6.04 Å². The van der Waals surface area contributed by atoms with Gasteiger partial charge in [0.05, 0.1) is 11.9 Å². The molecular formula is C17H18Cl2N2O3S. The Hall–Kier alpha value is -1.76. The smallest absolute Gasteiger partial charge is 0.248 e. The van der Waals surface area contributed by atoms with Crippen molar-refractivity contribution < 1.29 is 13.2 Å². The molecule has 0 fully saturated rings. The fourth-order valence-corrected chi connectivity index (χ4v) is 3.93. The molecule has 0 bridgehead atoms. The van der Waals surface area contributed by atoms with Crippen molar-refractivity contribution >= 4 is 50.5 Å². The zero-order valence-corrected chi connectivity index (χ0v) is 16.3. The second-order valence-corrected chi connectivity index (χ2v) is 8.32. The topological polar surface area (TPSA) is 66.5 Å². The maximum Gasteiger partial charge on any atom is 0.248 e. The average molecular weight is 401 g/mol. The Balaban J connectivity index is 2.35. The van der Waals surface area contributed by atoms with E-state index in [1.54, 1.807) is 43.3 Å². The van der Waals surface area contributed by atoms with Crippen molar-refractivity contribution in [1.29, 1.82) is 0 Å². The van der Waals surface area contributed by atoms with E-state index in [4.69, 9.17) is 23.2 Å². The molecule has 0 aliphatic carbocycles. The predicted octanol–water partition coefficient (Wildman–Crippen LogP) is 4.10. The van der Waals surface area contributed by atoms with E-state index in [9.17, 15) is 13.2 Å². The lowest BCUT2D eigenvalue weighted by molar-refractivity contribution is -0.116. The van der Waals surface area contributed by atoms with E-state index in [0.29, 0.717) is 27.0 Å². The molecule has 8 heteroatoms. The number of carbonyl (C=O) groups excluding carboxylic acids is 1. The number of amides is 1. The monoisotopic (exact) mass is 400 g/mol. The van der Waals surface area contributed by atoms with Crippen LogP contribution in [0.5, 0.6) is 0 Å². The minimum absolute atomic E-state index is 0.320. The van der Waals surface area contributed by atoms with Gasteiger partial charge in [0, 0.05) is 15.7 Å². The SMILES string of the molecule is Cc1c(Cl)cccc1NC(=O)C(C)N(c1cccc(Cl)c1)S(C)(=O)=O. The molecule has 0 heterocycles. The molecule has 1 atom stereocenters. The van der Waals surface area contributed by atoms with Crippen LogP contribution in [-0.4, -0.2) is 26.6 Å². The van der Waals surface area contributed by atoms with Gasteiger partial charge in [-0.25, -0.2) is 8.42 Å². The van der Waals surface area contributed by atoms with Crippen molar-refractivity contribution in [3.05, 3.63) is 58.1 Å². The number of hydrogen-bond donors (Lipinski definition) is 1. The summed E-state index contributed by atoms with van der Waals surface area (Å²) in [4.78, 5) is 12.6. The molecule has 134 valence electrons. The van der Waals surface area contributed by atoms with Crippen LogP contribution in [0, 0.1) is 6.92 Å². The van der Waals surface area contributed by atoms with Gasteiger partial charge in [0.15, 0.2) is 0 Å². The first-order valence-electron chi connectivity index (χ1n) is 7.42.